The van der Waals surface area contributed by atoms with Crippen molar-refractivity contribution in [2.75, 3.05) is 13.1 Å². The molecule has 2 rings (SSSR count). The molecule has 0 aromatic heterocycles. The zero-order chi connectivity index (χ0) is 15.6. The average Bonchev–Trinajstić information content (AvgIpc) is 2.45. The molecule has 1 heterocycles. The summed E-state index contributed by atoms with van der Waals surface area (Å²) in [7, 11) is 0. The van der Waals surface area contributed by atoms with Crippen LogP contribution >= 0.6 is 0 Å². The molecule has 0 amide bonds. The van der Waals surface area contributed by atoms with Gasteiger partial charge in [-0.15, -0.1) is 0 Å². The highest BCUT2D eigenvalue weighted by Gasteiger charge is 2.39. The van der Waals surface area contributed by atoms with Gasteiger partial charge in [-0.1, -0.05) is 19.1 Å². The smallest absolute Gasteiger partial charge is 0.309 e. The van der Waals surface area contributed by atoms with Gasteiger partial charge in [-0.05, 0) is 62.9 Å². The summed E-state index contributed by atoms with van der Waals surface area (Å²) in [5, 5.41) is 19.2. The summed E-state index contributed by atoms with van der Waals surface area (Å²) < 4.78 is 0. The molecule has 2 N–H and O–H groups in total. The summed E-state index contributed by atoms with van der Waals surface area (Å²) in [5.41, 5.74) is 2.45. The number of aryl methyl sites for hydroxylation is 2. The fraction of sp³-hybridized carbons (Fsp3) is 0.588. The number of carbonyl (C=O) groups is 1. The van der Waals surface area contributed by atoms with Crippen LogP contribution in [0.15, 0.2) is 12.1 Å². The standard InChI is InChI=1S/C17H25NO3/c1-4-17(16(20)21)5-7-18(8-6-17)11-14-9-12(2)15(19)13(3)10-14/h9-10,19H,4-8,11H2,1-3H3,(H,20,21). The molecule has 0 bridgehead atoms. The molecule has 1 aromatic rings. The van der Waals surface area contributed by atoms with Crippen LogP contribution in [0, 0.1) is 19.3 Å². The minimum atomic E-state index is -0.652. The van der Waals surface area contributed by atoms with E-state index in [2.05, 4.69) is 4.90 Å². The molecule has 116 valence electrons. The van der Waals surface area contributed by atoms with Crippen LogP contribution in [0.5, 0.6) is 5.75 Å². The van der Waals surface area contributed by atoms with Gasteiger partial charge in [0.25, 0.3) is 0 Å². The van der Waals surface area contributed by atoms with Crippen molar-refractivity contribution >= 4 is 5.97 Å². The first-order valence-electron chi connectivity index (χ1n) is 7.63. The number of carboxylic acids is 1. The van der Waals surface area contributed by atoms with Crippen molar-refractivity contribution in [3.05, 3.63) is 28.8 Å². The van der Waals surface area contributed by atoms with Crippen molar-refractivity contribution in [3.8, 4) is 5.75 Å². The molecular weight excluding hydrogens is 266 g/mol. The Morgan fingerprint density at radius 3 is 2.19 bits per heavy atom. The molecule has 21 heavy (non-hydrogen) atoms. The first kappa shape index (κ1) is 15.8. The Labute approximate surface area is 126 Å². The lowest BCUT2D eigenvalue weighted by Gasteiger charge is -2.38. The predicted octanol–water partition coefficient (Wildman–Crippen LogP) is 3.09. The van der Waals surface area contributed by atoms with Crippen LogP contribution in [0.2, 0.25) is 0 Å². The largest absolute Gasteiger partial charge is 0.507 e. The first-order valence-corrected chi connectivity index (χ1v) is 7.63. The summed E-state index contributed by atoms with van der Waals surface area (Å²) in [5.74, 6) is -0.283. The van der Waals surface area contributed by atoms with Gasteiger partial charge in [-0.2, -0.15) is 0 Å². The maximum absolute atomic E-state index is 11.5. The Bertz CT molecular complexity index is 508. The van der Waals surface area contributed by atoms with Crippen LogP contribution in [-0.2, 0) is 11.3 Å². The van der Waals surface area contributed by atoms with Gasteiger partial charge in [0.05, 0.1) is 5.41 Å². The number of piperidine rings is 1. The fourth-order valence-electron chi connectivity index (χ4n) is 3.25. The number of hydrogen-bond donors (Lipinski definition) is 2. The monoisotopic (exact) mass is 291 g/mol. The second-order valence-corrected chi connectivity index (χ2v) is 6.29. The van der Waals surface area contributed by atoms with Crippen molar-refractivity contribution in [2.45, 2.75) is 46.6 Å². The van der Waals surface area contributed by atoms with Crippen molar-refractivity contribution in [2.24, 2.45) is 5.41 Å². The van der Waals surface area contributed by atoms with Gasteiger partial charge in [0.2, 0.25) is 0 Å². The maximum atomic E-state index is 11.5. The fourth-order valence-corrected chi connectivity index (χ4v) is 3.25. The molecule has 4 heteroatoms. The van der Waals surface area contributed by atoms with Crippen molar-refractivity contribution in [3.63, 3.8) is 0 Å². The van der Waals surface area contributed by atoms with Gasteiger partial charge in [0.15, 0.2) is 0 Å². The van der Waals surface area contributed by atoms with Gasteiger partial charge in [0.1, 0.15) is 5.75 Å². The molecule has 0 saturated carbocycles. The van der Waals surface area contributed by atoms with Crippen molar-refractivity contribution < 1.29 is 15.0 Å². The summed E-state index contributed by atoms with van der Waals surface area (Å²) in [6.07, 6.45) is 2.14. The Balaban J connectivity index is 2.02. The van der Waals surface area contributed by atoms with Crippen LogP contribution in [0.4, 0.5) is 0 Å². The van der Waals surface area contributed by atoms with Crippen LogP contribution in [0.1, 0.15) is 42.9 Å². The molecule has 0 spiro atoms. The Morgan fingerprint density at radius 1 is 1.24 bits per heavy atom. The lowest BCUT2D eigenvalue weighted by atomic mass is 9.76. The van der Waals surface area contributed by atoms with Crippen molar-refractivity contribution in [1.29, 1.82) is 0 Å². The highest BCUT2D eigenvalue weighted by atomic mass is 16.4. The number of rotatable bonds is 4. The van der Waals surface area contributed by atoms with Gasteiger partial charge >= 0.3 is 5.97 Å². The Hall–Kier alpha value is -1.55. The maximum Gasteiger partial charge on any atom is 0.309 e. The van der Waals surface area contributed by atoms with Crippen molar-refractivity contribution in [1.82, 2.24) is 4.90 Å². The van der Waals surface area contributed by atoms with Gasteiger partial charge in [-0.25, -0.2) is 0 Å². The third kappa shape index (κ3) is 3.21. The van der Waals surface area contributed by atoms with Crippen LogP contribution in [0.25, 0.3) is 0 Å². The number of hydrogen-bond acceptors (Lipinski definition) is 3. The highest BCUT2D eigenvalue weighted by Crippen LogP contribution is 2.35. The van der Waals surface area contributed by atoms with E-state index in [-0.39, 0.29) is 0 Å². The zero-order valence-electron chi connectivity index (χ0n) is 13.1. The SMILES string of the molecule is CCC1(C(=O)O)CCN(Cc2cc(C)c(O)c(C)c2)CC1. The summed E-state index contributed by atoms with van der Waals surface area (Å²) >= 11 is 0. The molecule has 0 aliphatic carbocycles. The van der Waals surface area contributed by atoms with E-state index in [9.17, 15) is 15.0 Å². The Kier molecular flexibility index (Phi) is 4.57. The molecule has 0 unspecified atom stereocenters. The molecule has 1 saturated heterocycles. The van der Waals surface area contributed by atoms with E-state index in [1.807, 2.05) is 32.9 Å². The van der Waals surface area contributed by atoms with E-state index in [0.29, 0.717) is 12.2 Å². The third-order valence-corrected chi connectivity index (χ3v) is 4.90. The summed E-state index contributed by atoms with van der Waals surface area (Å²) in [4.78, 5) is 13.8. The topological polar surface area (TPSA) is 60.8 Å². The molecular formula is C17H25NO3. The lowest BCUT2D eigenvalue weighted by molar-refractivity contribution is -0.152. The zero-order valence-corrected chi connectivity index (χ0v) is 13.1. The number of phenols is 1. The number of nitrogens with zero attached hydrogens (tertiary/aromatic N) is 1. The number of carboxylic acid groups (broad SMARTS) is 1. The van der Waals surface area contributed by atoms with Crippen LogP contribution in [0.3, 0.4) is 0 Å². The number of benzene rings is 1. The molecule has 4 nitrogen and oxygen atoms in total. The first-order chi connectivity index (χ1) is 9.88. The predicted molar refractivity (Wildman–Crippen MR) is 82.5 cm³/mol. The summed E-state index contributed by atoms with van der Waals surface area (Å²) in [6.45, 7) is 8.25. The number of aliphatic carboxylic acids is 1. The minimum Gasteiger partial charge on any atom is -0.507 e. The van der Waals surface area contributed by atoms with Gasteiger partial charge in [-0.3, -0.25) is 9.69 Å². The number of aromatic hydroxyl groups is 1. The molecule has 1 aromatic carbocycles. The molecule has 0 atom stereocenters. The van der Waals surface area contributed by atoms with E-state index >= 15 is 0 Å². The molecule has 1 aliphatic rings. The third-order valence-electron chi connectivity index (χ3n) is 4.90. The minimum absolute atomic E-state index is 0.369. The normalized spacial score (nSPS) is 18.6. The van der Waals surface area contributed by atoms with E-state index in [1.54, 1.807) is 0 Å². The second kappa shape index (κ2) is 6.06. The molecule has 0 radical (unpaired) electrons. The number of likely N-dealkylation sites (tertiary alicyclic amines) is 1. The lowest BCUT2D eigenvalue weighted by Crippen LogP contribution is -2.43. The Morgan fingerprint density at radius 2 is 1.76 bits per heavy atom. The van der Waals surface area contributed by atoms with E-state index in [1.165, 1.54) is 5.56 Å². The highest BCUT2D eigenvalue weighted by molar-refractivity contribution is 5.74. The molecule has 1 fully saturated rings. The van der Waals surface area contributed by atoms with E-state index in [0.717, 1.165) is 43.6 Å². The van der Waals surface area contributed by atoms with Crippen LogP contribution in [-0.4, -0.2) is 34.2 Å². The van der Waals surface area contributed by atoms with E-state index in [4.69, 9.17) is 0 Å². The molecule has 1 aliphatic heterocycles. The van der Waals surface area contributed by atoms with E-state index < -0.39 is 11.4 Å². The van der Waals surface area contributed by atoms with Gasteiger partial charge in [0, 0.05) is 6.54 Å². The summed E-state index contributed by atoms with van der Waals surface area (Å²) in [6, 6.07) is 4.03. The average molecular weight is 291 g/mol. The number of phenolic OH excluding ortho intramolecular Hbond substituents is 1. The van der Waals surface area contributed by atoms with Crippen LogP contribution < -0.4 is 0 Å². The second-order valence-electron chi connectivity index (χ2n) is 6.29. The van der Waals surface area contributed by atoms with Gasteiger partial charge < -0.3 is 10.2 Å². The quantitative estimate of drug-likeness (QED) is 0.895.